The van der Waals surface area contributed by atoms with Gasteiger partial charge in [0.25, 0.3) is 0 Å². The van der Waals surface area contributed by atoms with Crippen LogP contribution in [0.4, 0.5) is 23.3 Å². The van der Waals surface area contributed by atoms with Gasteiger partial charge in [-0.05, 0) is 85.6 Å². The summed E-state index contributed by atoms with van der Waals surface area (Å²) in [7, 11) is -3.40. The van der Waals surface area contributed by atoms with Crippen LogP contribution in [0.2, 0.25) is 0 Å². The molecule has 0 atom stereocenters. The molecule has 6 aromatic rings. The van der Waals surface area contributed by atoms with Crippen molar-refractivity contribution in [3.05, 3.63) is 108 Å². The van der Waals surface area contributed by atoms with Crippen molar-refractivity contribution in [1.29, 1.82) is 10.5 Å². The number of nitriles is 2. The third-order valence-electron chi connectivity index (χ3n) is 13.9. The maximum Gasteiger partial charge on any atom is 0.227 e. The number of phenolic OH excluding ortho intramolecular Hbond substituents is 1. The number of aromatic hydroxyl groups is 1. The fraction of sp³-hybridized carbons (Fsp3) is 0.433. The van der Waals surface area contributed by atoms with Crippen LogP contribution in [0.1, 0.15) is 52.5 Å². The zero-order valence-electron chi connectivity index (χ0n) is 48.5. The number of ether oxygens (including phenoxy) is 9. The number of aromatic nitrogens is 4. The molecule has 0 aliphatic carbocycles. The lowest BCUT2D eigenvalue weighted by Crippen LogP contribution is -2.42. The van der Waals surface area contributed by atoms with E-state index in [2.05, 4.69) is 42.7 Å². The molecule has 0 saturated carbocycles. The number of hydrogen-bond donors (Lipinski definition) is 3. The zero-order chi connectivity index (χ0) is 61.4. The predicted octanol–water partition coefficient (Wildman–Crippen LogP) is 8.56. The number of rotatable bonds is 22. The molecule has 87 heavy (non-hydrogen) atoms. The largest absolute Gasteiger partial charge is 0.504 e. The molecule has 0 radical (unpaired) electrons. The number of benzene rings is 4. The van der Waals surface area contributed by atoms with E-state index in [0.717, 1.165) is 36.8 Å². The van der Waals surface area contributed by atoms with Crippen molar-refractivity contribution in [3.63, 3.8) is 0 Å². The Bertz CT molecular complexity index is 3530. The number of phenols is 1. The second-order valence-electron chi connectivity index (χ2n) is 19.9. The summed E-state index contributed by atoms with van der Waals surface area (Å²) in [6.07, 6.45) is 7.46. The van der Waals surface area contributed by atoms with E-state index in [1.807, 2.05) is 18.2 Å². The lowest BCUT2D eigenvalue weighted by Gasteiger charge is -2.26. The van der Waals surface area contributed by atoms with E-state index in [-0.39, 0.29) is 38.9 Å². The van der Waals surface area contributed by atoms with Gasteiger partial charge in [-0.25, -0.2) is 36.8 Å². The minimum absolute atomic E-state index is 0. The zero-order valence-corrected chi connectivity index (χ0v) is 50.9. The number of hydrogen-bond acceptors (Lipinski definition) is 22. The van der Waals surface area contributed by atoms with Crippen molar-refractivity contribution in [2.75, 3.05) is 128 Å². The molecule has 6 heterocycles. The molecule has 0 bridgehead atoms. The summed E-state index contributed by atoms with van der Waals surface area (Å²) < 4.78 is 101. The molecular weight excluding hydrogens is 1180 g/mol. The molecule has 0 unspecified atom stereocenters. The Balaban J connectivity index is 0.000000239. The monoisotopic (exact) mass is 1260 g/mol. The average molecular weight is 1260 g/mol. The summed E-state index contributed by atoms with van der Waals surface area (Å²) in [5, 5.41) is 35.4. The molecule has 27 heteroatoms. The standard InChI is InChI=1S/C30H35N5O7S.C23H22N4O4.C7H14ClNO3S.2H2/c1-38-29-20-24(4-6-28(29)41-13-2-18-43(36,37)35-11-16-40-17-12-35)33-30-32-10-7-26(34-30)22-3-5-27(23(19-22)21-31)42-25-8-14-39-15-9-25;1-29-22-13-17(3-4-20(22)28)26-23-25-9-6-19(27-23)15-2-5-21(16(12-15)14-24)31-18-7-10-30-11-8-18;8-2-1-7-13(10,11)9-3-5-12-6-4-9;;/h3-7,10,19-20,25H,2,8-9,11-18H2,1H3,(H,32,33,34);2-6,9,12-13,18,28H,7-8,10-11H2,1H3,(H,25,26,27);1-7H2;2*1H. The van der Waals surface area contributed by atoms with Crippen LogP contribution in [0.3, 0.4) is 0 Å². The van der Waals surface area contributed by atoms with Gasteiger partial charge in [-0.1, -0.05) is 0 Å². The van der Waals surface area contributed by atoms with Gasteiger partial charge in [-0.15, -0.1) is 11.6 Å². The quantitative estimate of drug-likeness (QED) is 0.0325. The molecule has 4 aliphatic rings. The first kappa shape index (κ1) is 65.3. The Morgan fingerprint density at radius 3 is 1.48 bits per heavy atom. The summed E-state index contributed by atoms with van der Waals surface area (Å²) in [4.78, 5) is 17.8. The van der Waals surface area contributed by atoms with Gasteiger partial charge in [0.05, 0.1) is 108 Å². The molecule has 10 rings (SSSR count). The van der Waals surface area contributed by atoms with Crippen LogP contribution in [0.5, 0.6) is 34.5 Å². The number of morpholine rings is 2. The smallest absolute Gasteiger partial charge is 0.227 e. The van der Waals surface area contributed by atoms with Crippen molar-refractivity contribution >= 4 is 54.9 Å². The normalized spacial score (nSPS) is 16.1. The van der Waals surface area contributed by atoms with Gasteiger partial charge in [-0.2, -0.15) is 19.1 Å². The number of halogens is 1. The summed E-state index contributed by atoms with van der Waals surface area (Å²) in [6.45, 7) is 6.46. The van der Waals surface area contributed by atoms with Gasteiger partial charge in [0, 0.05) is 108 Å². The SMILES string of the molecule is COc1cc(Nc2nccc(-c3ccc(OC4CCOCC4)c(C#N)c3)n2)ccc1O.COc1cc(Nc2nccc(-c3ccc(OC4CCOCC4)c(C#N)c3)n2)ccc1OCCCS(=O)(=O)N1CCOCC1.O=S(=O)(CCCCl)N1CCOCC1.[HH].[HH]. The Morgan fingerprint density at radius 2 is 1.02 bits per heavy atom. The molecule has 0 amide bonds. The van der Waals surface area contributed by atoms with Crippen LogP contribution in [-0.4, -0.2) is 180 Å². The first-order chi connectivity index (χ1) is 42.3. The molecule has 0 spiro atoms. The number of nitrogens with one attached hydrogen (secondary N) is 2. The third kappa shape index (κ3) is 19.4. The molecule has 468 valence electrons. The van der Waals surface area contributed by atoms with E-state index in [0.29, 0.717) is 172 Å². The van der Waals surface area contributed by atoms with Gasteiger partial charge in [-0.3, -0.25) is 0 Å². The number of sulfonamides is 2. The number of nitrogens with zero attached hydrogens (tertiary/aromatic N) is 8. The number of alkyl halides is 1. The van der Waals surface area contributed by atoms with Crippen LogP contribution in [-0.2, 0) is 39.0 Å². The maximum atomic E-state index is 12.5. The van der Waals surface area contributed by atoms with Crippen molar-refractivity contribution in [1.82, 2.24) is 28.5 Å². The predicted molar refractivity (Wildman–Crippen MR) is 330 cm³/mol. The molecule has 4 aliphatic heterocycles. The van der Waals surface area contributed by atoms with E-state index >= 15 is 0 Å². The highest BCUT2D eigenvalue weighted by molar-refractivity contribution is 7.89. The van der Waals surface area contributed by atoms with Crippen LogP contribution in [0.15, 0.2) is 97.3 Å². The Hall–Kier alpha value is -7.63. The van der Waals surface area contributed by atoms with Gasteiger partial charge in [0.15, 0.2) is 23.0 Å². The summed E-state index contributed by atoms with van der Waals surface area (Å²) in [5.74, 6) is 3.79. The van der Waals surface area contributed by atoms with Gasteiger partial charge in [0.2, 0.25) is 31.9 Å². The minimum atomic E-state index is -3.34. The maximum absolute atomic E-state index is 12.5. The van der Waals surface area contributed by atoms with Crippen molar-refractivity contribution in [2.24, 2.45) is 0 Å². The Labute approximate surface area is 515 Å². The van der Waals surface area contributed by atoms with E-state index < -0.39 is 20.0 Å². The third-order valence-corrected chi connectivity index (χ3v) is 18.1. The molecule has 4 aromatic carbocycles. The molecular formula is C60H75ClN10O14S2. The first-order valence-corrected chi connectivity index (χ1v) is 32.2. The molecule has 24 nitrogen and oxygen atoms in total. The molecule has 2 aromatic heterocycles. The average Bonchev–Trinajstić information content (AvgIpc) is 2.80. The highest BCUT2D eigenvalue weighted by Crippen LogP contribution is 2.34. The molecule has 4 saturated heterocycles. The lowest BCUT2D eigenvalue weighted by atomic mass is 10.1. The van der Waals surface area contributed by atoms with Crippen LogP contribution < -0.4 is 34.3 Å². The highest BCUT2D eigenvalue weighted by Gasteiger charge is 2.26. The topological polar surface area (TPSA) is 301 Å². The molecule has 3 N–H and O–H groups in total. The Morgan fingerprint density at radius 1 is 0.586 bits per heavy atom. The van der Waals surface area contributed by atoms with E-state index in [4.69, 9.17) is 54.2 Å². The molecule has 4 fully saturated rings. The second kappa shape index (κ2) is 32.9. The highest BCUT2D eigenvalue weighted by atomic mass is 35.5. The van der Waals surface area contributed by atoms with E-state index in [9.17, 15) is 32.5 Å². The van der Waals surface area contributed by atoms with Crippen LogP contribution >= 0.6 is 11.6 Å². The fourth-order valence-electron chi connectivity index (χ4n) is 9.31. The van der Waals surface area contributed by atoms with Crippen molar-refractivity contribution in [3.8, 4) is 69.2 Å². The fourth-order valence-corrected chi connectivity index (χ4v) is 12.5. The van der Waals surface area contributed by atoms with Gasteiger partial charge in [0.1, 0.15) is 35.8 Å². The minimum Gasteiger partial charge on any atom is -0.504 e. The second-order valence-corrected chi connectivity index (χ2v) is 24.5. The van der Waals surface area contributed by atoms with Gasteiger partial charge >= 0.3 is 0 Å². The number of anilines is 4. The summed E-state index contributed by atoms with van der Waals surface area (Å²) in [5.41, 5.74) is 5.10. The Kier molecular flexibility index (Phi) is 24.7. The van der Waals surface area contributed by atoms with Crippen LogP contribution in [0, 0.1) is 22.7 Å². The van der Waals surface area contributed by atoms with E-state index in [1.54, 1.807) is 73.1 Å². The van der Waals surface area contributed by atoms with Gasteiger partial charge < -0.3 is 58.4 Å². The van der Waals surface area contributed by atoms with Crippen molar-refractivity contribution in [2.45, 2.75) is 50.7 Å². The van der Waals surface area contributed by atoms with Crippen molar-refractivity contribution < 1.29 is 67.4 Å². The lowest BCUT2D eigenvalue weighted by molar-refractivity contribution is 0.0252. The number of methoxy groups -OCH3 is 2. The summed E-state index contributed by atoms with van der Waals surface area (Å²) in [6, 6.07) is 29.1. The van der Waals surface area contributed by atoms with E-state index in [1.165, 1.54) is 28.9 Å². The summed E-state index contributed by atoms with van der Waals surface area (Å²) >= 11 is 5.44. The van der Waals surface area contributed by atoms with Crippen LogP contribution in [0.25, 0.3) is 22.5 Å². The first-order valence-electron chi connectivity index (χ1n) is 28.4.